The van der Waals surface area contributed by atoms with Crippen molar-refractivity contribution in [3.8, 4) is 0 Å². The summed E-state index contributed by atoms with van der Waals surface area (Å²) >= 11 is 2.23. The van der Waals surface area contributed by atoms with Crippen molar-refractivity contribution in [2.24, 2.45) is 35.5 Å². The monoisotopic (exact) mass is 391 g/mol. The molecular weight excluding hydrogens is 377 g/mol. The van der Waals surface area contributed by atoms with Gasteiger partial charge in [0.1, 0.15) is 0 Å². The van der Waals surface area contributed by atoms with Crippen molar-refractivity contribution in [3.63, 3.8) is 0 Å². The zero-order valence-electron chi connectivity index (χ0n) is 11.3. The lowest BCUT2D eigenvalue weighted by molar-refractivity contribution is -0.124. The normalized spacial score (nSPS) is 42.2. The van der Waals surface area contributed by atoms with Crippen molar-refractivity contribution >= 4 is 40.1 Å². The van der Waals surface area contributed by atoms with Crippen molar-refractivity contribution in [3.05, 3.63) is 40.0 Å². The molecular formula is C17H14INO2. The number of halogens is 1. The molecule has 21 heavy (non-hydrogen) atoms. The molecule has 0 aromatic heterocycles. The molecule has 5 aliphatic rings. The summed E-state index contributed by atoms with van der Waals surface area (Å²) < 4.78 is 1.11. The molecule has 3 fully saturated rings. The van der Waals surface area contributed by atoms with Crippen LogP contribution in [0.25, 0.3) is 0 Å². The van der Waals surface area contributed by atoms with E-state index in [4.69, 9.17) is 0 Å². The minimum atomic E-state index is -0.101. The molecule has 0 N–H and O–H groups in total. The number of benzene rings is 1. The van der Waals surface area contributed by atoms with Gasteiger partial charge in [-0.3, -0.25) is 14.5 Å². The summed E-state index contributed by atoms with van der Waals surface area (Å²) in [6.45, 7) is 0. The molecule has 2 saturated carbocycles. The first-order valence-corrected chi connectivity index (χ1v) is 8.56. The van der Waals surface area contributed by atoms with Crippen LogP contribution >= 0.6 is 22.6 Å². The van der Waals surface area contributed by atoms with Gasteiger partial charge >= 0.3 is 0 Å². The summed E-state index contributed by atoms with van der Waals surface area (Å²) in [5.41, 5.74) is 0.730. The lowest BCUT2D eigenvalue weighted by Crippen LogP contribution is -2.40. The third-order valence-electron chi connectivity index (χ3n) is 5.75. The molecule has 6 atom stereocenters. The Kier molecular flexibility index (Phi) is 2.34. The van der Waals surface area contributed by atoms with E-state index in [0.717, 1.165) is 9.26 Å². The molecule has 1 aliphatic heterocycles. The van der Waals surface area contributed by atoms with E-state index in [1.54, 1.807) is 0 Å². The highest BCUT2D eigenvalue weighted by atomic mass is 127. The summed E-state index contributed by atoms with van der Waals surface area (Å²) in [6, 6.07) is 7.65. The Bertz CT molecular complexity index is 659. The fourth-order valence-corrected chi connectivity index (χ4v) is 5.16. The van der Waals surface area contributed by atoms with E-state index >= 15 is 0 Å². The molecule has 2 bridgehead atoms. The molecule has 1 saturated heterocycles. The zero-order chi connectivity index (χ0) is 14.3. The van der Waals surface area contributed by atoms with Gasteiger partial charge in [0.15, 0.2) is 0 Å². The largest absolute Gasteiger partial charge is 0.274 e. The number of anilines is 1. The van der Waals surface area contributed by atoms with Crippen LogP contribution in [0.15, 0.2) is 36.4 Å². The van der Waals surface area contributed by atoms with Crippen LogP contribution in [0.3, 0.4) is 0 Å². The molecule has 1 aromatic carbocycles. The molecule has 1 aromatic rings. The van der Waals surface area contributed by atoms with Gasteiger partial charge in [0, 0.05) is 3.57 Å². The molecule has 106 valence electrons. The van der Waals surface area contributed by atoms with Gasteiger partial charge in [-0.2, -0.15) is 0 Å². The highest BCUT2D eigenvalue weighted by Crippen LogP contribution is 2.65. The number of allylic oxidation sites excluding steroid dienone is 2. The number of carbonyl (C=O) groups is 2. The third-order valence-corrected chi connectivity index (χ3v) is 6.47. The summed E-state index contributed by atoms with van der Waals surface area (Å²) in [7, 11) is 0. The van der Waals surface area contributed by atoms with Gasteiger partial charge in [0.25, 0.3) is 0 Å². The Morgan fingerprint density at radius 1 is 0.905 bits per heavy atom. The fourth-order valence-electron chi connectivity index (χ4n) is 4.80. The summed E-state index contributed by atoms with van der Waals surface area (Å²) in [5, 5.41) is 0. The molecule has 4 aliphatic carbocycles. The summed E-state index contributed by atoms with van der Waals surface area (Å²) in [4.78, 5) is 27.2. The number of imide groups is 1. The molecule has 4 heteroatoms. The first kappa shape index (κ1) is 12.4. The van der Waals surface area contributed by atoms with E-state index in [-0.39, 0.29) is 23.7 Å². The van der Waals surface area contributed by atoms with Crippen molar-refractivity contribution in [1.82, 2.24) is 0 Å². The maximum Gasteiger partial charge on any atom is 0.238 e. The van der Waals surface area contributed by atoms with Gasteiger partial charge in [-0.25, -0.2) is 0 Å². The van der Waals surface area contributed by atoms with Crippen molar-refractivity contribution < 1.29 is 9.59 Å². The van der Waals surface area contributed by atoms with Crippen LogP contribution in [-0.2, 0) is 9.59 Å². The maximum absolute atomic E-state index is 12.9. The van der Waals surface area contributed by atoms with Crippen molar-refractivity contribution in [2.75, 3.05) is 4.90 Å². The van der Waals surface area contributed by atoms with Crippen molar-refractivity contribution in [1.29, 1.82) is 0 Å². The van der Waals surface area contributed by atoms with Crippen LogP contribution < -0.4 is 4.90 Å². The molecule has 0 spiro atoms. The standard InChI is InChI=1S/C17H14INO2/c18-8-1-3-9(4-2-8)19-16(20)14-10-5-6-11(13-7-12(10)13)15(14)17(19)21/h1-6,10-15H,7H2/t10-,11-,12-,13+,14+,15-/m1/s1. The zero-order valence-corrected chi connectivity index (χ0v) is 13.4. The van der Waals surface area contributed by atoms with E-state index in [9.17, 15) is 9.59 Å². The molecule has 3 nitrogen and oxygen atoms in total. The van der Waals surface area contributed by atoms with Gasteiger partial charge in [-0.05, 0) is 76.9 Å². The number of rotatable bonds is 1. The van der Waals surface area contributed by atoms with Crippen LogP contribution in [0.5, 0.6) is 0 Å². The first-order valence-electron chi connectivity index (χ1n) is 7.48. The predicted molar refractivity (Wildman–Crippen MR) is 86.3 cm³/mol. The van der Waals surface area contributed by atoms with Gasteiger partial charge in [0.2, 0.25) is 11.8 Å². The second-order valence-corrected chi connectivity index (χ2v) is 7.89. The smallest absolute Gasteiger partial charge is 0.238 e. The minimum Gasteiger partial charge on any atom is -0.274 e. The topological polar surface area (TPSA) is 37.4 Å². The second kappa shape index (κ2) is 3.97. The Morgan fingerprint density at radius 2 is 1.43 bits per heavy atom. The Morgan fingerprint density at radius 3 is 1.95 bits per heavy atom. The number of carbonyl (C=O) groups excluding carboxylic acids is 2. The van der Waals surface area contributed by atoms with Gasteiger partial charge in [0.05, 0.1) is 17.5 Å². The van der Waals surface area contributed by atoms with E-state index in [1.807, 2.05) is 24.3 Å². The van der Waals surface area contributed by atoms with Crippen LogP contribution in [0, 0.1) is 39.1 Å². The molecule has 6 rings (SSSR count). The quantitative estimate of drug-likeness (QED) is 0.420. The number of nitrogens with zero attached hydrogens (tertiary/aromatic N) is 1. The SMILES string of the molecule is O=C1[C@@H]2[C@@H]3C=C[C@H]([C@H]4C[C@@H]34)[C@@H]2C(=O)N1c1ccc(I)cc1. The van der Waals surface area contributed by atoms with Gasteiger partial charge < -0.3 is 0 Å². The van der Waals surface area contributed by atoms with Crippen molar-refractivity contribution in [2.45, 2.75) is 6.42 Å². The molecule has 2 amide bonds. The molecule has 1 heterocycles. The summed E-state index contributed by atoms with van der Waals surface area (Å²) in [5.74, 6) is 1.77. The van der Waals surface area contributed by atoms with Crippen LogP contribution in [0.2, 0.25) is 0 Å². The van der Waals surface area contributed by atoms with Gasteiger partial charge in [-0.15, -0.1) is 0 Å². The maximum atomic E-state index is 12.9. The number of hydrogen-bond acceptors (Lipinski definition) is 2. The van der Waals surface area contributed by atoms with E-state index in [1.165, 1.54) is 11.3 Å². The average Bonchev–Trinajstić information content (AvgIpc) is 3.26. The predicted octanol–water partition coefficient (Wildman–Crippen LogP) is 2.85. The van der Waals surface area contributed by atoms with Gasteiger partial charge in [-0.1, -0.05) is 12.2 Å². The highest BCUT2D eigenvalue weighted by molar-refractivity contribution is 14.1. The van der Waals surface area contributed by atoms with E-state index in [2.05, 4.69) is 34.7 Å². The minimum absolute atomic E-state index is 0.0240. The van der Waals surface area contributed by atoms with Crippen LogP contribution in [-0.4, -0.2) is 11.8 Å². The number of hydrogen-bond donors (Lipinski definition) is 0. The summed E-state index contributed by atoms with van der Waals surface area (Å²) in [6.07, 6.45) is 5.63. The first-order chi connectivity index (χ1) is 10.2. The second-order valence-electron chi connectivity index (χ2n) is 6.64. The Hall–Kier alpha value is -1.17. The fraction of sp³-hybridized carbons (Fsp3) is 0.412. The lowest BCUT2D eigenvalue weighted by Gasteiger charge is -2.37. The van der Waals surface area contributed by atoms with Crippen LogP contribution in [0.4, 0.5) is 5.69 Å². The number of amides is 2. The highest BCUT2D eigenvalue weighted by Gasteiger charge is 2.67. The van der Waals surface area contributed by atoms with Crippen LogP contribution in [0.1, 0.15) is 6.42 Å². The Balaban J connectivity index is 1.58. The van der Waals surface area contributed by atoms with E-state index < -0.39 is 0 Å². The lowest BCUT2D eigenvalue weighted by atomic mass is 9.63. The molecule has 0 unspecified atom stereocenters. The third kappa shape index (κ3) is 1.49. The molecule has 0 radical (unpaired) electrons. The van der Waals surface area contributed by atoms with E-state index in [0.29, 0.717) is 23.7 Å². The Labute approximate surface area is 136 Å². The average molecular weight is 391 g/mol.